The third-order valence-electron chi connectivity index (χ3n) is 40.8. The van der Waals surface area contributed by atoms with E-state index in [-0.39, 0.29) is 99.4 Å². The van der Waals surface area contributed by atoms with E-state index in [1.807, 2.05) is 0 Å². The van der Waals surface area contributed by atoms with E-state index in [4.69, 9.17) is 74.5 Å². The van der Waals surface area contributed by atoms with Gasteiger partial charge in [0.1, 0.15) is 26.4 Å². The third-order valence-corrected chi connectivity index (χ3v) is 58.9. The molecule has 24 aromatic rings. The molecule has 24 heteroatoms. The molecule has 0 N–H and O–H groups in total. The van der Waals surface area contributed by atoms with Gasteiger partial charge in [0, 0.05) is 0 Å². The monoisotopic (exact) mass is 1910 g/mol. The van der Waals surface area contributed by atoms with E-state index < -0.39 is 89.6 Å². The van der Waals surface area contributed by atoms with Crippen LogP contribution < -0.4 is 0 Å². The standard InChI is InChI=1S/C114H108O20Si4/c1-105(2,3)135(13,14)131-41-33-123-25-21-119-29-37-127-101(115)113(102(116)128-38-30-120-22-26-124-34-42-132-136(15,16)106(4,5)6)109-93-77-65-53-45-46-50-47-51-59-67(55(47)53)79(77)95(109)85-73(59)64-72-62(51)70-58(50)66-54(46)56-48-49(45)57(65)69-61-52(48)60-68(56)80-78(66)94-82(70)84(72)98-90-75(64)87(85)99-91-89-76-63(71(61)83(81(69)93)97(89)111(99,109)113)74(60)86-88(76)100(92(90)91)112(98)110(94,96(80)86)114(112,103(117)129-39-31-121-23-27-125-35-43-133-137(17,18)107(7,8)9)104(118)130-40-32-122-24-28-126-36-44-134-138(19,20)108(10,11)12/h21-44H2,1-20H3. The van der Waals surface area contributed by atoms with Gasteiger partial charge in [-0.3, -0.25) is 19.2 Å². The Morgan fingerprint density at radius 1 is 0.167 bits per heavy atom. The molecule has 0 heterocycles. The lowest BCUT2D eigenvalue weighted by Crippen LogP contribution is -2.41. The Bertz CT molecular complexity index is 8890. The molecule has 20 nitrogen and oxygen atoms in total. The molecular formula is C114H108O20Si4. The molecule has 4 spiro atoms. The van der Waals surface area contributed by atoms with E-state index in [1.54, 1.807) is 0 Å². The summed E-state index contributed by atoms with van der Waals surface area (Å²) in [4.78, 5) is 73.6. The van der Waals surface area contributed by atoms with Gasteiger partial charge in [0.2, 0.25) is 0 Å². The minimum atomic E-state index is -2.13. The quantitative estimate of drug-likeness (QED) is 0.00866. The Morgan fingerprint density at radius 3 is 0.399 bits per heavy atom. The van der Waals surface area contributed by atoms with Gasteiger partial charge in [-0.15, -0.1) is 0 Å². The molecule has 10 aliphatic carbocycles. The molecule has 4 unspecified atom stereocenters. The first-order valence-corrected chi connectivity index (χ1v) is 62.5. The highest BCUT2D eigenvalue weighted by atomic mass is 28.4. The van der Waals surface area contributed by atoms with Crippen molar-refractivity contribution in [2.24, 2.45) is 10.8 Å². The van der Waals surface area contributed by atoms with Crippen LogP contribution in [0.5, 0.6) is 0 Å². The molecule has 700 valence electrons. The van der Waals surface area contributed by atoms with Crippen LogP contribution in [0.3, 0.4) is 0 Å². The second-order valence-corrected chi connectivity index (χ2v) is 68.6. The van der Waals surface area contributed by atoms with E-state index >= 15 is 19.2 Å². The number of ether oxygens (including phenoxy) is 12. The maximum Gasteiger partial charge on any atom is 0.326 e. The highest BCUT2D eigenvalue weighted by Crippen LogP contribution is 3.01. The summed E-state index contributed by atoms with van der Waals surface area (Å²) >= 11 is 0. The Balaban J connectivity index is 0.610. The summed E-state index contributed by atoms with van der Waals surface area (Å²) in [7, 11) is -8.06. The van der Waals surface area contributed by atoms with Crippen molar-refractivity contribution < 1.29 is 93.7 Å². The molecule has 2 saturated carbocycles. The van der Waals surface area contributed by atoms with E-state index in [9.17, 15) is 0 Å². The number of carbonyl (C=O) groups is 4. The van der Waals surface area contributed by atoms with Gasteiger partial charge in [0.05, 0.1) is 154 Å². The van der Waals surface area contributed by atoms with Crippen LogP contribution in [0.2, 0.25) is 72.5 Å². The fourth-order valence-corrected chi connectivity index (χ4v) is 36.9. The van der Waals surface area contributed by atoms with E-state index in [1.165, 1.54) is 194 Å². The molecule has 138 heavy (non-hydrogen) atoms. The van der Waals surface area contributed by atoms with Crippen LogP contribution in [0.15, 0.2) is 0 Å². The summed E-state index contributed by atoms with van der Waals surface area (Å²) in [6.45, 7) is 50.2. The molecule has 0 radical (unpaired) electrons. The molecule has 0 bridgehead atoms. The van der Waals surface area contributed by atoms with Gasteiger partial charge in [-0.25, -0.2) is 0 Å². The number of hydrogen-bond donors (Lipinski definition) is 0. The first-order valence-electron chi connectivity index (χ1n) is 50.9. The van der Waals surface area contributed by atoms with Crippen molar-refractivity contribution in [1.82, 2.24) is 0 Å². The van der Waals surface area contributed by atoms with E-state index in [0.717, 1.165) is 109 Å². The minimum absolute atomic E-state index is 0.0430. The average molecular weight is 1910 g/mol. The maximum absolute atomic E-state index is 18.4. The smallest absolute Gasteiger partial charge is 0.326 e. The van der Waals surface area contributed by atoms with Gasteiger partial charge in [-0.05, 0) is 376 Å². The van der Waals surface area contributed by atoms with Crippen LogP contribution in [0.1, 0.15) is 128 Å². The molecule has 0 aromatic heterocycles. The predicted molar refractivity (Wildman–Crippen MR) is 555 cm³/mol. The predicted octanol–water partition coefficient (Wildman–Crippen LogP) is 23.3. The number of carbonyl (C=O) groups excluding carboxylic acids is 4. The summed E-state index contributed by atoms with van der Waals surface area (Å²) < 4.78 is 106. The number of benzene rings is 16. The van der Waals surface area contributed by atoms with E-state index in [0.29, 0.717) is 79.3 Å². The summed E-state index contributed by atoms with van der Waals surface area (Å²) in [6.07, 6.45) is 0. The normalized spacial score (nSPS) is 21.4. The van der Waals surface area contributed by atoms with Gasteiger partial charge in [0.15, 0.2) is 44.1 Å². The second-order valence-electron chi connectivity index (χ2n) is 49.4. The molecule has 10 aliphatic rings. The van der Waals surface area contributed by atoms with Crippen LogP contribution >= 0.6 is 0 Å². The first-order chi connectivity index (χ1) is 66.0. The average Bonchev–Trinajstić information content (AvgIpc) is 1.35. The molecule has 24 aromatic carbocycles. The zero-order valence-corrected chi connectivity index (χ0v) is 86.1. The van der Waals surface area contributed by atoms with Gasteiger partial charge < -0.3 is 74.5 Å². The second kappa shape index (κ2) is 23.7. The van der Waals surface area contributed by atoms with Crippen LogP contribution in [0.25, 0.3) is 259 Å². The fraction of sp³-hybridized carbons (Fsp3) is 0.474. The number of rotatable bonds is 44. The highest BCUT2D eigenvalue weighted by molar-refractivity contribution is 6.80. The summed E-state index contributed by atoms with van der Waals surface area (Å²) in [6, 6.07) is 0. The van der Waals surface area contributed by atoms with Crippen molar-refractivity contribution in [1.29, 1.82) is 0 Å². The van der Waals surface area contributed by atoms with Gasteiger partial charge in [-0.1, -0.05) is 83.1 Å². The Morgan fingerprint density at radius 2 is 0.268 bits per heavy atom. The van der Waals surface area contributed by atoms with Crippen molar-refractivity contribution in [3.63, 3.8) is 0 Å². The van der Waals surface area contributed by atoms with Gasteiger partial charge >= 0.3 is 23.9 Å². The molecule has 0 aliphatic heterocycles. The molecular weight excluding hydrogens is 1800 g/mol. The zero-order chi connectivity index (χ0) is 93.9. The van der Waals surface area contributed by atoms with Crippen molar-refractivity contribution in [2.75, 3.05) is 159 Å². The number of esters is 4. The van der Waals surface area contributed by atoms with Crippen LogP contribution in [0, 0.1) is 10.8 Å². The largest absolute Gasteiger partial charge is 0.462 e. The maximum atomic E-state index is 18.4. The first kappa shape index (κ1) is 81.5. The Hall–Kier alpha value is -9.01. The van der Waals surface area contributed by atoms with Crippen molar-refractivity contribution in [3.8, 4) is 0 Å². The van der Waals surface area contributed by atoms with Gasteiger partial charge in [0.25, 0.3) is 0 Å². The number of hydrogen-bond acceptors (Lipinski definition) is 20. The molecule has 4 atom stereocenters. The Labute approximate surface area is 795 Å². The lowest BCUT2D eigenvalue weighted by atomic mass is 9.67. The van der Waals surface area contributed by atoms with Crippen molar-refractivity contribution in [3.05, 3.63) is 44.5 Å². The third kappa shape index (κ3) is 7.31. The summed E-state index contributed by atoms with van der Waals surface area (Å²) in [5.41, 5.74) is -1.93. The summed E-state index contributed by atoms with van der Waals surface area (Å²) in [5, 5.41) is 58.4. The highest BCUT2D eigenvalue weighted by Gasteiger charge is 3.04. The summed E-state index contributed by atoms with van der Waals surface area (Å²) in [5.74, 6) is -2.54. The lowest BCUT2D eigenvalue weighted by molar-refractivity contribution is -0.170. The molecule has 0 saturated heterocycles. The zero-order valence-electron chi connectivity index (χ0n) is 82.1. The Kier molecular flexibility index (Phi) is 14.0. The fourth-order valence-electron chi connectivity index (χ4n) is 32.8. The van der Waals surface area contributed by atoms with Crippen molar-refractivity contribution in [2.45, 2.75) is 177 Å². The topological polar surface area (TPSA) is 216 Å². The molecule has 34 rings (SSSR count). The van der Waals surface area contributed by atoms with Crippen LogP contribution in [-0.4, -0.2) is 216 Å². The van der Waals surface area contributed by atoms with E-state index in [2.05, 4.69) is 135 Å². The van der Waals surface area contributed by atoms with Crippen molar-refractivity contribution >= 4 is 316 Å². The van der Waals surface area contributed by atoms with Crippen LogP contribution in [-0.2, 0) is 115 Å². The minimum Gasteiger partial charge on any atom is -0.462 e. The lowest BCUT2D eigenvalue weighted by Gasteiger charge is -2.36. The van der Waals surface area contributed by atoms with Gasteiger partial charge in [-0.2, -0.15) is 0 Å². The molecule has 0 amide bonds. The SMILES string of the molecule is CC(C)(C)[Si](C)(C)OCCOCCOCCOC(=O)C1(C(=O)OCCOCCOCCO[Si](C)(C)C(C)(C)C)C23c4c5c6c7c8c9c%10c%11c%12c%13c%14c%15c(c6c6c4c4c%16c%17c%18c(c%19c%20c2c5c8c2c%20c5c%19c8c%18c%18c%19c%17c%17c4c6c%15c4c%14c6c%12c%12c%14c%11c(c92)c5c%14c8c%18c%12c6c%19c4%17)C%1613)C71C(C(=O)OCCOCCOCCO[Si](C)(C)C(C)(C)C)(C(=O)OCCOCCOCCO[Si](C)(C)C(C)(C)C)C%10%131. The van der Waals surface area contributed by atoms with Crippen LogP contribution in [0.4, 0.5) is 0 Å². The molecule has 2 fully saturated rings.